The molecule has 8 rings (SSSR count). The van der Waals surface area contributed by atoms with E-state index in [1.54, 1.807) is 11.1 Å². The molecule has 5 aromatic rings. The standard InChI is InChI=1S/C39H36N2/c1-26-24-28(40-36-16-5-3-4-12-32(36)33-13-6-9-17-37(33)40)20-22-30(26)31-23-21-29(25-27(31)2)41-38-18-10-7-14-34(38)35-15-8-11-19-39(35)41/h5-6,9-11,13,16-25H,3-4,7-8,12,14-15H2,1-2H3. The van der Waals surface area contributed by atoms with Crippen LogP contribution >= 0.6 is 0 Å². The second-order valence-electron chi connectivity index (χ2n) is 12.0. The van der Waals surface area contributed by atoms with Crippen LogP contribution in [-0.4, -0.2) is 9.13 Å². The van der Waals surface area contributed by atoms with E-state index in [1.165, 1.54) is 73.6 Å². The molecule has 41 heavy (non-hydrogen) atoms. The summed E-state index contributed by atoms with van der Waals surface area (Å²) in [7, 11) is 0. The highest BCUT2D eigenvalue weighted by Crippen LogP contribution is 2.38. The Balaban J connectivity index is 1.21. The van der Waals surface area contributed by atoms with Crippen LogP contribution in [0.4, 0.5) is 0 Å². The van der Waals surface area contributed by atoms with Gasteiger partial charge in [0.15, 0.2) is 0 Å². The highest BCUT2D eigenvalue weighted by atomic mass is 15.0. The Morgan fingerprint density at radius 1 is 0.537 bits per heavy atom. The van der Waals surface area contributed by atoms with Crippen LogP contribution in [0.5, 0.6) is 0 Å². The smallest absolute Gasteiger partial charge is 0.0537 e. The van der Waals surface area contributed by atoms with Crippen molar-refractivity contribution < 1.29 is 0 Å². The number of aryl methyl sites for hydroxylation is 3. The SMILES string of the molecule is Cc1cc(-n2c3c(c4c2C=CCC4)CCC=C3)ccc1-c1ccc(-n2c3c(c4ccccc42)CCCC=C3)cc1C. The Labute approximate surface area is 243 Å². The largest absolute Gasteiger partial charge is 0.310 e. The Kier molecular flexibility index (Phi) is 5.77. The van der Waals surface area contributed by atoms with Gasteiger partial charge in [0.2, 0.25) is 0 Å². The topological polar surface area (TPSA) is 9.86 Å². The lowest BCUT2D eigenvalue weighted by Gasteiger charge is -2.17. The lowest BCUT2D eigenvalue weighted by atomic mass is 9.94. The van der Waals surface area contributed by atoms with Crippen LogP contribution < -0.4 is 0 Å². The van der Waals surface area contributed by atoms with Crippen molar-refractivity contribution >= 4 is 29.1 Å². The monoisotopic (exact) mass is 532 g/mol. The lowest BCUT2D eigenvalue weighted by molar-refractivity contribution is 0.854. The third-order valence-corrected chi connectivity index (χ3v) is 9.46. The number of rotatable bonds is 3. The van der Waals surface area contributed by atoms with E-state index in [0.717, 1.165) is 38.5 Å². The molecule has 0 amide bonds. The van der Waals surface area contributed by atoms with Gasteiger partial charge in [0.05, 0.1) is 5.52 Å². The van der Waals surface area contributed by atoms with Crippen molar-refractivity contribution in [3.8, 4) is 22.5 Å². The molecule has 202 valence electrons. The summed E-state index contributed by atoms with van der Waals surface area (Å²) in [6, 6.07) is 23.0. The molecule has 0 atom stereocenters. The molecular weight excluding hydrogens is 496 g/mol. The van der Waals surface area contributed by atoms with Crippen LogP contribution in [0.25, 0.3) is 51.6 Å². The van der Waals surface area contributed by atoms with Crippen molar-refractivity contribution in [3.05, 3.63) is 124 Å². The number of nitrogens with zero attached hydrogens (tertiary/aromatic N) is 2. The quantitative estimate of drug-likeness (QED) is 0.219. The van der Waals surface area contributed by atoms with E-state index in [1.807, 2.05) is 0 Å². The molecular formula is C39H36N2. The van der Waals surface area contributed by atoms with Crippen molar-refractivity contribution in [1.82, 2.24) is 9.13 Å². The summed E-state index contributed by atoms with van der Waals surface area (Å²) in [6.45, 7) is 4.53. The van der Waals surface area contributed by atoms with Crippen molar-refractivity contribution in [2.75, 3.05) is 0 Å². The summed E-state index contributed by atoms with van der Waals surface area (Å²) in [6.07, 6.45) is 22.2. The van der Waals surface area contributed by atoms with E-state index in [9.17, 15) is 0 Å². The maximum Gasteiger partial charge on any atom is 0.0537 e. The molecule has 0 bridgehead atoms. The highest BCUT2D eigenvalue weighted by molar-refractivity contribution is 5.90. The third-order valence-electron chi connectivity index (χ3n) is 9.46. The van der Waals surface area contributed by atoms with Gasteiger partial charge >= 0.3 is 0 Å². The molecule has 0 aliphatic heterocycles. The minimum Gasteiger partial charge on any atom is -0.310 e. The van der Waals surface area contributed by atoms with Crippen LogP contribution in [0.1, 0.15) is 70.6 Å². The number of fused-ring (bicyclic) bond motifs is 6. The first-order chi connectivity index (χ1) is 20.2. The molecule has 0 saturated carbocycles. The van der Waals surface area contributed by atoms with E-state index in [2.05, 4.69) is 120 Å². The molecule has 2 nitrogen and oxygen atoms in total. The lowest BCUT2D eigenvalue weighted by Crippen LogP contribution is -2.03. The molecule has 0 saturated heterocycles. The molecule has 3 aliphatic rings. The fourth-order valence-electron chi connectivity index (χ4n) is 7.55. The van der Waals surface area contributed by atoms with E-state index >= 15 is 0 Å². The summed E-state index contributed by atoms with van der Waals surface area (Å²) in [4.78, 5) is 0. The second kappa shape index (κ2) is 9.66. The van der Waals surface area contributed by atoms with Gasteiger partial charge in [0.1, 0.15) is 0 Å². The van der Waals surface area contributed by atoms with Gasteiger partial charge < -0.3 is 9.13 Å². The number of hydrogen-bond acceptors (Lipinski definition) is 0. The van der Waals surface area contributed by atoms with Crippen molar-refractivity contribution in [2.45, 2.75) is 58.8 Å². The maximum atomic E-state index is 2.50. The number of aromatic nitrogens is 2. The normalized spacial score (nSPS) is 15.6. The Hall–Kier alpha value is -4.30. The minimum atomic E-state index is 1.14. The number of allylic oxidation sites excluding steroid dienone is 3. The molecule has 0 fully saturated rings. The molecule has 2 heteroatoms. The van der Waals surface area contributed by atoms with Gasteiger partial charge in [-0.05, 0) is 146 Å². The fraction of sp³-hybridized carbons (Fsp3) is 0.231. The van der Waals surface area contributed by atoms with E-state index in [-0.39, 0.29) is 0 Å². The van der Waals surface area contributed by atoms with Crippen molar-refractivity contribution in [1.29, 1.82) is 0 Å². The van der Waals surface area contributed by atoms with Crippen molar-refractivity contribution in [2.24, 2.45) is 0 Å². The van der Waals surface area contributed by atoms with Crippen LogP contribution in [0, 0.1) is 13.8 Å². The average molecular weight is 533 g/mol. The molecule has 0 unspecified atom stereocenters. The van der Waals surface area contributed by atoms with Crippen molar-refractivity contribution in [3.63, 3.8) is 0 Å². The van der Waals surface area contributed by atoms with Crippen LogP contribution in [0.15, 0.2) is 78.9 Å². The molecule has 0 radical (unpaired) electrons. The predicted molar refractivity (Wildman–Crippen MR) is 174 cm³/mol. The van der Waals surface area contributed by atoms with Crippen LogP contribution in [0.3, 0.4) is 0 Å². The Morgan fingerprint density at radius 3 is 1.73 bits per heavy atom. The van der Waals surface area contributed by atoms with Gasteiger partial charge in [-0.3, -0.25) is 0 Å². The van der Waals surface area contributed by atoms with E-state index < -0.39 is 0 Å². The third kappa shape index (κ3) is 3.84. The molecule has 3 aromatic carbocycles. The summed E-state index contributed by atoms with van der Waals surface area (Å²) in [5.74, 6) is 0. The van der Waals surface area contributed by atoms with Gasteiger partial charge in [-0.1, -0.05) is 48.6 Å². The van der Waals surface area contributed by atoms with Gasteiger partial charge in [-0.25, -0.2) is 0 Å². The Morgan fingerprint density at radius 2 is 1.10 bits per heavy atom. The maximum absolute atomic E-state index is 2.50. The molecule has 3 aliphatic carbocycles. The van der Waals surface area contributed by atoms with Gasteiger partial charge in [-0.15, -0.1) is 0 Å². The summed E-state index contributed by atoms with van der Waals surface area (Å²) in [5, 5.41) is 1.39. The number of para-hydroxylation sites is 1. The zero-order valence-corrected chi connectivity index (χ0v) is 24.1. The van der Waals surface area contributed by atoms with E-state index in [4.69, 9.17) is 0 Å². The van der Waals surface area contributed by atoms with Crippen LogP contribution in [0.2, 0.25) is 0 Å². The first-order valence-corrected chi connectivity index (χ1v) is 15.3. The van der Waals surface area contributed by atoms with E-state index in [0.29, 0.717) is 0 Å². The predicted octanol–water partition coefficient (Wildman–Crippen LogP) is 9.97. The molecule has 0 N–H and O–H groups in total. The van der Waals surface area contributed by atoms with Gasteiger partial charge in [0.25, 0.3) is 0 Å². The number of hydrogen-bond donors (Lipinski definition) is 0. The molecule has 0 spiro atoms. The average Bonchev–Trinajstić information content (AvgIpc) is 3.38. The summed E-state index contributed by atoms with van der Waals surface area (Å²) in [5.41, 5.74) is 17.8. The fourth-order valence-corrected chi connectivity index (χ4v) is 7.55. The molecule has 2 aromatic heterocycles. The summed E-state index contributed by atoms with van der Waals surface area (Å²) >= 11 is 0. The first kappa shape index (κ1) is 24.5. The first-order valence-electron chi connectivity index (χ1n) is 15.3. The van der Waals surface area contributed by atoms with Gasteiger partial charge in [-0.2, -0.15) is 0 Å². The zero-order valence-electron chi connectivity index (χ0n) is 24.1. The summed E-state index contributed by atoms with van der Waals surface area (Å²) < 4.78 is 4.97. The Bertz CT molecular complexity index is 1890. The number of benzene rings is 3. The molecule has 2 heterocycles. The minimum absolute atomic E-state index is 1.14. The van der Waals surface area contributed by atoms with Crippen LogP contribution in [-0.2, 0) is 19.3 Å². The zero-order chi connectivity index (χ0) is 27.5. The highest BCUT2D eigenvalue weighted by Gasteiger charge is 2.24. The second-order valence-corrected chi connectivity index (χ2v) is 12.0. The van der Waals surface area contributed by atoms with Gasteiger partial charge in [0, 0.05) is 33.8 Å².